The third-order valence-electron chi connectivity index (χ3n) is 4.65. The highest BCUT2D eigenvalue weighted by molar-refractivity contribution is 9.10. The lowest BCUT2D eigenvalue weighted by Crippen LogP contribution is -2.53. The summed E-state index contributed by atoms with van der Waals surface area (Å²) in [4.78, 5) is 27.9. The number of amides is 2. The summed E-state index contributed by atoms with van der Waals surface area (Å²) in [7, 11) is 0. The van der Waals surface area contributed by atoms with Crippen LogP contribution < -0.4 is 5.32 Å². The fraction of sp³-hybridized carbons (Fsp3) is 0.417. The lowest BCUT2D eigenvalue weighted by atomic mass is 10.1. The molecule has 0 heterocycles. The van der Waals surface area contributed by atoms with Crippen molar-refractivity contribution >= 4 is 62.7 Å². The highest BCUT2D eigenvalue weighted by Crippen LogP contribution is 2.25. The zero-order chi connectivity index (χ0) is 23.9. The molecule has 2 rings (SSSR count). The van der Waals surface area contributed by atoms with Crippen molar-refractivity contribution in [1.82, 2.24) is 10.2 Å². The molecule has 1 N–H and O–H groups in total. The molecule has 0 aliphatic rings. The molecule has 2 aromatic rings. The van der Waals surface area contributed by atoms with Crippen LogP contribution in [0.3, 0.4) is 0 Å². The van der Waals surface area contributed by atoms with E-state index in [2.05, 4.69) is 21.2 Å². The van der Waals surface area contributed by atoms with Crippen LogP contribution in [0.25, 0.3) is 0 Å². The van der Waals surface area contributed by atoms with Crippen molar-refractivity contribution in [2.75, 3.05) is 5.75 Å². The van der Waals surface area contributed by atoms with Crippen molar-refractivity contribution in [3.63, 3.8) is 0 Å². The number of halogens is 3. The fourth-order valence-corrected chi connectivity index (χ4v) is 4.73. The topological polar surface area (TPSA) is 49.4 Å². The Morgan fingerprint density at radius 2 is 1.78 bits per heavy atom. The summed E-state index contributed by atoms with van der Waals surface area (Å²) in [5, 5.41) is 4.01. The van der Waals surface area contributed by atoms with E-state index in [1.54, 1.807) is 23.1 Å². The first-order valence-electron chi connectivity index (χ1n) is 10.4. The molecule has 0 bridgehead atoms. The van der Waals surface area contributed by atoms with Crippen LogP contribution in [-0.2, 0) is 21.9 Å². The van der Waals surface area contributed by atoms with Gasteiger partial charge in [0.15, 0.2) is 0 Å². The average molecular weight is 560 g/mol. The van der Waals surface area contributed by atoms with Crippen molar-refractivity contribution in [2.45, 2.75) is 58.0 Å². The van der Waals surface area contributed by atoms with Gasteiger partial charge in [0.05, 0.1) is 5.75 Å². The normalized spacial score (nSPS) is 12.3. The predicted octanol–water partition coefficient (Wildman–Crippen LogP) is 6.71. The Labute approximate surface area is 213 Å². The van der Waals surface area contributed by atoms with Gasteiger partial charge in [-0.3, -0.25) is 9.59 Å². The maximum absolute atomic E-state index is 13.3. The molecule has 0 spiro atoms. The molecule has 0 aromatic heterocycles. The van der Waals surface area contributed by atoms with Gasteiger partial charge in [-0.15, -0.1) is 11.8 Å². The molecule has 1 atom stereocenters. The van der Waals surface area contributed by atoms with Crippen LogP contribution in [0.4, 0.5) is 0 Å². The van der Waals surface area contributed by atoms with Gasteiger partial charge in [0.25, 0.3) is 0 Å². The summed E-state index contributed by atoms with van der Waals surface area (Å²) >= 11 is 17.4. The van der Waals surface area contributed by atoms with Gasteiger partial charge in [-0.2, -0.15) is 0 Å². The van der Waals surface area contributed by atoms with Crippen molar-refractivity contribution in [3.8, 4) is 0 Å². The van der Waals surface area contributed by atoms with E-state index in [0.29, 0.717) is 22.2 Å². The second-order valence-corrected chi connectivity index (χ2v) is 11.3. The minimum Gasteiger partial charge on any atom is -0.350 e. The lowest BCUT2D eigenvalue weighted by molar-refractivity contribution is -0.140. The van der Waals surface area contributed by atoms with Crippen LogP contribution in [0.1, 0.15) is 45.2 Å². The Bertz CT molecular complexity index is 933. The molecular formula is C24H29BrCl2N2O2S. The predicted molar refractivity (Wildman–Crippen MR) is 139 cm³/mol. The maximum atomic E-state index is 13.3. The lowest BCUT2D eigenvalue weighted by Gasteiger charge is -2.33. The van der Waals surface area contributed by atoms with Gasteiger partial charge in [-0.1, -0.05) is 64.3 Å². The average Bonchev–Trinajstić information content (AvgIpc) is 2.69. The first kappa shape index (κ1) is 27.0. The summed E-state index contributed by atoms with van der Waals surface area (Å²) in [5.41, 5.74) is 1.49. The number of nitrogens with one attached hydrogen (secondary N) is 1. The number of carbonyl (C=O) groups excluding carboxylic acids is 2. The molecule has 0 radical (unpaired) electrons. The van der Waals surface area contributed by atoms with E-state index < -0.39 is 11.6 Å². The number of rotatable bonds is 9. The summed E-state index contributed by atoms with van der Waals surface area (Å²) in [6.07, 6.45) is 0.496. The van der Waals surface area contributed by atoms with Gasteiger partial charge in [0.1, 0.15) is 6.04 Å². The third kappa shape index (κ3) is 8.62. The summed E-state index contributed by atoms with van der Waals surface area (Å²) in [6.45, 7) is 7.92. The highest BCUT2D eigenvalue weighted by Gasteiger charge is 2.30. The van der Waals surface area contributed by atoms with Gasteiger partial charge in [0, 0.05) is 32.4 Å². The molecule has 0 saturated carbocycles. The molecule has 0 fully saturated rings. The van der Waals surface area contributed by atoms with E-state index in [1.165, 1.54) is 11.8 Å². The highest BCUT2D eigenvalue weighted by atomic mass is 79.9. The largest absolute Gasteiger partial charge is 0.350 e. The first-order valence-corrected chi connectivity index (χ1v) is 13.1. The number of carbonyl (C=O) groups is 2. The second-order valence-electron chi connectivity index (χ2n) is 8.54. The molecule has 0 aliphatic carbocycles. The Kier molecular flexibility index (Phi) is 10.4. The molecule has 8 heteroatoms. The summed E-state index contributed by atoms with van der Waals surface area (Å²) < 4.78 is 1.02. The molecule has 1 unspecified atom stereocenters. The minimum absolute atomic E-state index is 0.103. The maximum Gasteiger partial charge on any atom is 0.243 e. The molecule has 0 aliphatic heterocycles. The van der Waals surface area contributed by atoms with E-state index in [-0.39, 0.29) is 24.1 Å². The van der Waals surface area contributed by atoms with Crippen LogP contribution >= 0.6 is 50.9 Å². The van der Waals surface area contributed by atoms with Gasteiger partial charge >= 0.3 is 0 Å². The number of hydrogen-bond acceptors (Lipinski definition) is 3. The quantitative estimate of drug-likeness (QED) is 0.371. The molecule has 0 saturated heterocycles. The van der Waals surface area contributed by atoms with E-state index in [9.17, 15) is 9.59 Å². The Hall–Kier alpha value is -1.21. The minimum atomic E-state index is -0.596. The fourth-order valence-electron chi connectivity index (χ4n) is 3.13. The van der Waals surface area contributed by atoms with Crippen LogP contribution in [0.15, 0.2) is 46.9 Å². The molecule has 2 amide bonds. The van der Waals surface area contributed by atoms with Crippen LogP contribution in [0.5, 0.6) is 0 Å². The van der Waals surface area contributed by atoms with Gasteiger partial charge in [0.2, 0.25) is 11.8 Å². The van der Waals surface area contributed by atoms with E-state index in [1.807, 2.05) is 52.0 Å². The third-order valence-corrected chi connectivity index (χ3v) is 6.75. The summed E-state index contributed by atoms with van der Waals surface area (Å²) in [5.74, 6) is 0.700. The SMILES string of the molecule is CCC(C(=O)NC(C)(C)C)N(Cc1ccc(Cl)cc1Cl)C(=O)CSCc1ccc(Br)cc1. The Morgan fingerprint density at radius 3 is 2.34 bits per heavy atom. The Balaban J connectivity index is 2.19. The van der Waals surface area contributed by atoms with Crippen molar-refractivity contribution in [2.24, 2.45) is 0 Å². The number of benzene rings is 2. The molecule has 32 heavy (non-hydrogen) atoms. The van der Waals surface area contributed by atoms with Crippen LogP contribution in [-0.4, -0.2) is 34.0 Å². The number of nitrogens with zero attached hydrogens (tertiary/aromatic N) is 1. The Morgan fingerprint density at radius 1 is 1.12 bits per heavy atom. The van der Waals surface area contributed by atoms with Gasteiger partial charge in [-0.05, 0) is 62.6 Å². The molecule has 4 nitrogen and oxygen atoms in total. The van der Waals surface area contributed by atoms with E-state index in [0.717, 1.165) is 15.6 Å². The molecule has 174 valence electrons. The van der Waals surface area contributed by atoms with E-state index in [4.69, 9.17) is 23.2 Å². The van der Waals surface area contributed by atoms with Crippen molar-refractivity contribution in [3.05, 3.63) is 68.1 Å². The first-order chi connectivity index (χ1) is 15.0. The summed E-state index contributed by atoms with van der Waals surface area (Å²) in [6, 6.07) is 12.6. The molecular weight excluding hydrogens is 531 g/mol. The van der Waals surface area contributed by atoms with Crippen LogP contribution in [0.2, 0.25) is 10.0 Å². The van der Waals surface area contributed by atoms with Gasteiger partial charge in [-0.25, -0.2) is 0 Å². The number of hydrogen-bond donors (Lipinski definition) is 1. The van der Waals surface area contributed by atoms with Crippen molar-refractivity contribution in [1.29, 1.82) is 0 Å². The molecule has 2 aromatic carbocycles. The van der Waals surface area contributed by atoms with E-state index >= 15 is 0 Å². The number of thioether (sulfide) groups is 1. The smallest absolute Gasteiger partial charge is 0.243 e. The monoisotopic (exact) mass is 558 g/mol. The zero-order valence-electron chi connectivity index (χ0n) is 18.8. The van der Waals surface area contributed by atoms with Crippen LogP contribution in [0, 0.1) is 0 Å². The zero-order valence-corrected chi connectivity index (χ0v) is 22.7. The standard InChI is InChI=1S/C24H29BrCl2N2O2S/c1-5-21(23(31)28-24(2,3)4)29(13-17-8-11-19(26)12-20(17)27)22(30)15-32-14-16-6-9-18(25)10-7-16/h6-12,21H,5,13-15H2,1-4H3,(H,28,31). The van der Waals surface area contributed by atoms with Gasteiger partial charge < -0.3 is 10.2 Å². The van der Waals surface area contributed by atoms with Crippen molar-refractivity contribution < 1.29 is 9.59 Å². The second kappa shape index (κ2) is 12.3.